The van der Waals surface area contributed by atoms with E-state index in [0.717, 1.165) is 19.4 Å². The lowest BCUT2D eigenvalue weighted by Crippen LogP contribution is -2.35. The Morgan fingerprint density at radius 1 is 1.67 bits per heavy atom. The number of ether oxygens (including phenoxy) is 1. The molecule has 15 heavy (non-hydrogen) atoms. The molecule has 0 radical (unpaired) electrons. The molecule has 4 nitrogen and oxygen atoms in total. The Morgan fingerprint density at radius 2 is 2.60 bits per heavy atom. The van der Waals surface area contributed by atoms with Gasteiger partial charge in [-0.15, -0.1) is 11.3 Å². The second-order valence-electron chi connectivity index (χ2n) is 3.57. The van der Waals surface area contributed by atoms with E-state index in [4.69, 9.17) is 4.74 Å². The summed E-state index contributed by atoms with van der Waals surface area (Å²) in [7, 11) is 0. The lowest BCUT2D eigenvalue weighted by molar-refractivity contribution is 0.0168. The highest BCUT2D eigenvalue weighted by atomic mass is 32.1. The summed E-state index contributed by atoms with van der Waals surface area (Å²) in [5.74, 6) is -0.106. The van der Waals surface area contributed by atoms with E-state index in [1.54, 1.807) is 10.9 Å². The predicted octanol–water partition coefficient (Wildman–Crippen LogP) is 1.44. The van der Waals surface area contributed by atoms with Gasteiger partial charge in [-0.3, -0.25) is 4.79 Å². The molecule has 1 N–H and O–H groups in total. The largest absolute Gasteiger partial charge is 0.376 e. The topological polar surface area (TPSA) is 51.2 Å². The van der Waals surface area contributed by atoms with Crippen molar-refractivity contribution in [3.05, 3.63) is 16.6 Å². The predicted molar refractivity (Wildman–Crippen MR) is 58.0 cm³/mol. The molecule has 1 amide bonds. The number of amides is 1. The molecule has 1 unspecified atom stereocenters. The summed E-state index contributed by atoms with van der Waals surface area (Å²) in [6.45, 7) is 1.41. The van der Waals surface area contributed by atoms with Crippen molar-refractivity contribution >= 4 is 17.2 Å². The van der Waals surface area contributed by atoms with Gasteiger partial charge in [0.05, 0.1) is 11.6 Å². The van der Waals surface area contributed by atoms with Crippen LogP contribution in [0.4, 0.5) is 0 Å². The van der Waals surface area contributed by atoms with Crippen molar-refractivity contribution in [1.29, 1.82) is 0 Å². The number of thiazole rings is 1. The van der Waals surface area contributed by atoms with Crippen molar-refractivity contribution < 1.29 is 9.53 Å². The molecule has 0 aromatic carbocycles. The minimum Gasteiger partial charge on any atom is -0.376 e. The highest BCUT2D eigenvalue weighted by molar-refractivity contribution is 7.07. The summed E-state index contributed by atoms with van der Waals surface area (Å²) in [5, 5.41) is 4.58. The van der Waals surface area contributed by atoms with E-state index in [-0.39, 0.29) is 12.0 Å². The molecule has 0 saturated carbocycles. The minimum absolute atomic E-state index is 0.106. The summed E-state index contributed by atoms with van der Waals surface area (Å²) >= 11 is 1.43. The van der Waals surface area contributed by atoms with Crippen molar-refractivity contribution in [2.45, 2.75) is 25.4 Å². The van der Waals surface area contributed by atoms with E-state index >= 15 is 0 Å². The lowest BCUT2D eigenvalue weighted by atomic mass is 10.1. The minimum atomic E-state index is -0.106. The number of rotatable bonds is 3. The van der Waals surface area contributed by atoms with Gasteiger partial charge >= 0.3 is 0 Å². The number of carbonyl (C=O) groups excluding carboxylic acids is 1. The summed E-state index contributed by atoms with van der Waals surface area (Å²) in [6, 6.07) is 0. The second kappa shape index (κ2) is 5.23. The fourth-order valence-electron chi connectivity index (χ4n) is 1.59. The van der Waals surface area contributed by atoms with Crippen LogP contribution in [0, 0.1) is 0 Å². The molecular formula is C10H14N2O2S. The van der Waals surface area contributed by atoms with Gasteiger partial charge in [0.1, 0.15) is 5.69 Å². The molecule has 2 rings (SSSR count). The maximum absolute atomic E-state index is 11.5. The Labute approximate surface area is 92.7 Å². The zero-order valence-corrected chi connectivity index (χ0v) is 9.26. The van der Waals surface area contributed by atoms with Crippen molar-refractivity contribution in [2.24, 2.45) is 0 Å². The summed E-state index contributed by atoms with van der Waals surface area (Å²) in [4.78, 5) is 15.5. The Balaban J connectivity index is 1.75. The first-order valence-electron chi connectivity index (χ1n) is 5.14. The molecule has 2 heterocycles. The molecule has 82 valence electrons. The third kappa shape index (κ3) is 3.00. The molecule has 0 bridgehead atoms. The Bertz CT molecular complexity index is 307. The van der Waals surface area contributed by atoms with E-state index in [2.05, 4.69) is 10.3 Å². The smallest absolute Gasteiger partial charge is 0.270 e. The van der Waals surface area contributed by atoms with Crippen LogP contribution in [0.2, 0.25) is 0 Å². The summed E-state index contributed by atoms with van der Waals surface area (Å²) in [5.41, 5.74) is 2.15. The molecule has 5 heteroatoms. The highest BCUT2D eigenvalue weighted by Crippen LogP contribution is 2.11. The molecule has 1 aromatic heterocycles. The number of nitrogens with zero attached hydrogens (tertiary/aromatic N) is 1. The number of nitrogens with one attached hydrogen (secondary N) is 1. The SMILES string of the molecule is O=C(NCC1CCCCO1)c1cscn1. The zero-order chi connectivity index (χ0) is 10.5. The Hall–Kier alpha value is -0.940. The zero-order valence-electron chi connectivity index (χ0n) is 8.44. The van der Waals surface area contributed by atoms with E-state index in [1.165, 1.54) is 17.8 Å². The Morgan fingerprint density at radius 3 is 3.27 bits per heavy atom. The van der Waals surface area contributed by atoms with Gasteiger partial charge in [0.15, 0.2) is 0 Å². The summed E-state index contributed by atoms with van der Waals surface area (Å²) in [6.07, 6.45) is 3.55. The van der Waals surface area contributed by atoms with Crippen molar-refractivity contribution in [3.8, 4) is 0 Å². The molecular weight excluding hydrogens is 212 g/mol. The summed E-state index contributed by atoms with van der Waals surface area (Å²) < 4.78 is 5.51. The molecule has 1 atom stereocenters. The first kappa shape index (κ1) is 10.6. The first-order valence-corrected chi connectivity index (χ1v) is 6.08. The quantitative estimate of drug-likeness (QED) is 0.848. The van der Waals surface area contributed by atoms with Gasteiger partial charge in [-0.2, -0.15) is 0 Å². The molecule has 0 aliphatic carbocycles. The van der Waals surface area contributed by atoms with Crippen LogP contribution in [-0.2, 0) is 4.74 Å². The van der Waals surface area contributed by atoms with Crippen LogP contribution in [0.3, 0.4) is 0 Å². The van der Waals surface area contributed by atoms with E-state index in [9.17, 15) is 4.79 Å². The van der Waals surface area contributed by atoms with Gasteiger partial charge in [0, 0.05) is 18.5 Å². The van der Waals surface area contributed by atoms with Gasteiger partial charge in [-0.05, 0) is 19.3 Å². The van der Waals surface area contributed by atoms with Gasteiger partial charge < -0.3 is 10.1 Å². The maximum atomic E-state index is 11.5. The molecule has 1 aliphatic heterocycles. The number of aromatic nitrogens is 1. The standard InChI is InChI=1S/C10H14N2O2S/c13-10(9-6-15-7-12-9)11-5-8-3-1-2-4-14-8/h6-8H,1-5H2,(H,11,13). The van der Waals surface area contributed by atoms with Crippen molar-refractivity contribution in [1.82, 2.24) is 10.3 Å². The Kier molecular flexibility index (Phi) is 3.69. The third-order valence-corrected chi connectivity index (χ3v) is 3.02. The van der Waals surface area contributed by atoms with E-state index < -0.39 is 0 Å². The molecule has 1 fully saturated rings. The molecule has 0 spiro atoms. The van der Waals surface area contributed by atoms with Gasteiger partial charge in [0.2, 0.25) is 0 Å². The van der Waals surface area contributed by atoms with Crippen LogP contribution in [-0.4, -0.2) is 30.1 Å². The fraction of sp³-hybridized carbons (Fsp3) is 0.600. The van der Waals surface area contributed by atoms with Crippen molar-refractivity contribution in [2.75, 3.05) is 13.2 Å². The average Bonchev–Trinajstić information content (AvgIpc) is 2.81. The van der Waals surface area contributed by atoms with Crippen LogP contribution in [0.15, 0.2) is 10.9 Å². The van der Waals surface area contributed by atoms with Crippen LogP contribution in [0.5, 0.6) is 0 Å². The van der Waals surface area contributed by atoms with Crippen LogP contribution in [0.1, 0.15) is 29.8 Å². The monoisotopic (exact) mass is 226 g/mol. The molecule has 1 saturated heterocycles. The highest BCUT2D eigenvalue weighted by Gasteiger charge is 2.15. The van der Waals surface area contributed by atoms with Gasteiger partial charge in [0.25, 0.3) is 5.91 Å². The van der Waals surface area contributed by atoms with Crippen LogP contribution >= 0.6 is 11.3 Å². The number of hydrogen-bond donors (Lipinski definition) is 1. The van der Waals surface area contributed by atoms with Gasteiger partial charge in [-0.25, -0.2) is 4.98 Å². The van der Waals surface area contributed by atoms with Crippen LogP contribution in [0.25, 0.3) is 0 Å². The average molecular weight is 226 g/mol. The molecule has 1 aromatic rings. The van der Waals surface area contributed by atoms with Gasteiger partial charge in [-0.1, -0.05) is 0 Å². The van der Waals surface area contributed by atoms with E-state index in [1.807, 2.05) is 0 Å². The third-order valence-electron chi connectivity index (χ3n) is 2.43. The van der Waals surface area contributed by atoms with E-state index in [0.29, 0.717) is 12.2 Å². The second-order valence-corrected chi connectivity index (χ2v) is 4.29. The van der Waals surface area contributed by atoms with Crippen LogP contribution < -0.4 is 5.32 Å². The van der Waals surface area contributed by atoms with Crippen molar-refractivity contribution in [3.63, 3.8) is 0 Å². The fourth-order valence-corrected chi connectivity index (χ4v) is 2.12. The normalized spacial score (nSPS) is 21.2. The first-order chi connectivity index (χ1) is 7.36. The maximum Gasteiger partial charge on any atom is 0.270 e. The molecule has 1 aliphatic rings. The lowest BCUT2D eigenvalue weighted by Gasteiger charge is -2.22. The number of hydrogen-bond acceptors (Lipinski definition) is 4. The number of carbonyl (C=O) groups is 1.